The highest BCUT2D eigenvalue weighted by molar-refractivity contribution is 5.82. The molecule has 0 spiro atoms. The molecule has 0 aromatic heterocycles. The Labute approximate surface area is 259 Å². The highest BCUT2D eigenvalue weighted by Gasteiger charge is 2.46. The van der Waals surface area contributed by atoms with Crippen LogP contribution in [0.5, 0.6) is 0 Å². The summed E-state index contributed by atoms with van der Waals surface area (Å²) in [6, 6.07) is -0.974. The minimum Gasteiger partial charge on any atom is -0.459 e. The van der Waals surface area contributed by atoms with Crippen LogP contribution in [0, 0.1) is 5.92 Å². The second-order valence-electron chi connectivity index (χ2n) is 11.9. The maximum absolute atomic E-state index is 12.0. The molecule has 3 aliphatic heterocycles. The van der Waals surface area contributed by atoms with Crippen LogP contribution >= 0.6 is 0 Å². The van der Waals surface area contributed by atoms with Gasteiger partial charge in [0.25, 0.3) is 0 Å². The highest BCUT2D eigenvalue weighted by Crippen LogP contribution is 2.37. The van der Waals surface area contributed by atoms with Gasteiger partial charge in [0.2, 0.25) is 0 Å². The average molecular weight is 620 g/mol. The normalized spacial score (nSPS) is 46.0. The summed E-state index contributed by atoms with van der Waals surface area (Å²) in [5.74, 6) is -2.66. The van der Waals surface area contributed by atoms with Crippen LogP contribution in [0.2, 0.25) is 0 Å². The first-order chi connectivity index (χ1) is 20.9. The molecule has 3 heterocycles. The lowest BCUT2D eigenvalue weighted by molar-refractivity contribution is -0.308. The van der Waals surface area contributed by atoms with E-state index in [0.717, 1.165) is 0 Å². The van der Waals surface area contributed by atoms with Crippen LogP contribution < -0.4 is 5.73 Å². The Hall–Kier alpha value is -2.45. The second-order valence-corrected chi connectivity index (χ2v) is 11.9. The Morgan fingerprint density at radius 3 is 2.30 bits per heavy atom. The van der Waals surface area contributed by atoms with E-state index in [-0.39, 0.29) is 37.7 Å². The van der Waals surface area contributed by atoms with Gasteiger partial charge in [0.15, 0.2) is 12.1 Å². The average Bonchev–Trinajstić information content (AvgIpc) is 2.95. The minimum atomic E-state index is -1.80. The van der Waals surface area contributed by atoms with Crippen molar-refractivity contribution in [1.82, 2.24) is 0 Å². The van der Waals surface area contributed by atoms with Crippen LogP contribution in [0.4, 0.5) is 0 Å². The summed E-state index contributed by atoms with van der Waals surface area (Å²) in [4.78, 5) is 12.0. The molecule has 2 saturated heterocycles. The van der Waals surface area contributed by atoms with Gasteiger partial charge in [-0.05, 0) is 20.3 Å². The molecule has 12 atom stereocenters. The summed E-state index contributed by atoms with van der Waals surface area (Å²) in [5, 5.41) is 53.7. The van der Waals surface area contributed by atoms with Crippen molar-refractivity contribution in [2.24, 2.45) is 11.7 Å². The van der Waals surface area contributed by atoms with Crippen LogP contribution in [0.1, 0.15) is 52.9 Å². The molecule has 246 valence electrons. The number of carbonyl (C=O) groups is 1. The Kier molecular flexibility index (Phi) is 14.2. The van der Waals surface area contributed by atoms with E-state index in [4.69, 9.17) is 24.7 Å². The fourth-order valence-electron chi connectivity index (χ4n) is 5.33. The monoisotopic (exact) mass is 619 g/mol. The number of ether oxygens (including phenoxy) is 4. The molecule has 7 N–H and O–H groups in total. The number of rotatable bonds is 2. The van der Waals surface area contributed by atoms with Crippen molar-refractivity contribution in [3.8, 4) is 0 Å². The van der Waals surface area contributed by atoms with Crippen molar-refractivity contribution < 1.29 is 49.3 Å². The minimum absolute atomic E-state index is 0.0883. The number of carbonyl (C=O) groups excluding carboxylic acids is 1. The van der Waals surface area contributed by atoms with Gasteiger partial charge >= 0.3 is 5.97 Å². The topological polar surface area (TPSA) is 181 Å². The third-order valence-electron chi connectivity index (χ3n) is 8.01. The molecule has 1 unspecified atom stereocenters. The maximum Gasteiger partial charge on any atom is 0.331 e. The number of nitrogens with two attached hydrogens (primary N) is 1. The molecular weight excluding hydrogens is 570 g/mol. The Bertz CT molecular complexity index is 1090. The Balaban J connectivity index is 1.84. The Morgan fingerprint density at radius 2 is 1.55 bits per heavy atom. The van der Waals surface area contributed by atoms with E-state index in [2.05, 4.69) is 0 Å². The zero-order valence-corrected chi connectivity index (χ0v) is 25.7. The number of hydrogen-bond donors (Lipinski definition) is 6. The lowest BCUT2D eigenvalue weighted by atomic mass is 9.84. The SMILES string of the molecule is C[C@H]1[C@H](O)C[C@]2(O)C[C@H](O)C/C=C/C=C\C(=O)O[C@@H](C)C/C=C/C=C/C=C/C=C/[C@@H](OC3O[C@@H](C)[C@H](O)[C@@H](N)[C@@H]3O)C[C@H]1O2. The van der Waals surface area contributed by atoms with Gasteiger partial charge in [-0.2, -0.15) is 0 Å². The van der Waals surface area contributed by atoms with Gasteiger partial charge in [-0.25, -0.2) is 4.79 Å². The second kappa shape index (κ2) is 17.3. The third kappa shape index (κ3) is 11.2. The largest absolute Gasteiger partial charge is 0.459 e. The van der Waals surface area contributed by atoms with Crippen LogP contribution in [0.3, 0.4) is 0 Å². The predicted octanol–water partition coefficient (Wildman–Crippen LogP) is 1.84. The molecule has 0 aromatic carbocycles. The van der Waals surface area contributed by atoms with Crippen molar-refractivity contribution >= 4 is 5.97 Å². The zero-order valence-electron chi connectivity index (χ0n) is 25.7. The molecule has 2 fully saturated rings. The van der Waals surface area contributed by atoms with Crippen LogP contribution in [0.25, 0.3) is 0 Å². The van der Waals surface area contributed by atoms with Gasteiger partial charge in [0.1, 0.15) is 12.2 Å². The molecule has 0 aromatic rings. The summed E-state index contributed by atoms with van der Waals surface area (Å²) in [5.41, 5.74) is 6.00. The highest BCUT2D eigenvalue weighted by atomic mass is 16.7. The fourth-order valence-corrected chi connectivity index (χ4v) is 5.33. The molecular formula is C33H49NO10. The smallest absolute Gasteiger partial charge is 0.331 e. The fraction of sp³-hybridized carbons (Fsp3) is 0.606. The number of aliphatic hydroxyl groups is 5. The van der Waals surface area contributed by atoms with Gasteiger partial charge in [0.05, 0.1) is 42.7 Å². The van der Waals surface area contributed by atoms with E-state index in [1.54, 1.807) is 51.2 Å². The van der Waals surface area contributed by atoms with E-state index in [0.29, 0.717) is 6.42 Å². The summed E-state index contributed by atoms with van der Waals surface area (Å²) < 4.78 is 23.3. The number of esters is 1. The first kappa shape index (κ1) is 36.0. The first-order valence-corrected chi connectivity index (χ1v) is 15.3. The number of allylic oxidation sites excluding steroid dienone is 8. The quantitative estimate of drug-likeness (QED) is 0.248. The number of cyclic esters (lactones) is 1. The summed E-state index contributed by atoms with van der Waals surface area (Å²) in [7, 11) is 0. The maximum atomic E-state index is 12.0. The van der Waals surface area contributed by atoms with Crippen molar-refractivity contribution in [2.45, 2.75) is 120 Å². The van der Waals surface area contributed by atoms with Crippen molar-refractivity contribution in [3.63, 3.8) is 0 Å². The Morgan fingerprint density at radius 1 is 0.886 bits per heavy atom. The van der Waals surface area contributed by atoms with Crippen LogP contribution in [-0.4, -0.2) is 98.5 Å². The zero-order chi connectivity index (χ0) is 32.3. The van der Waals surface area contributed by atoms with Gasteiger partial charge in [-0.15, -0.1) is 0 Å². The number of aliphatic hydroxyl groups excluding tert-OH is 4. The van der Waals surface area contributed by atoms with Crippen molar-refractivity contribution in [2.75, 3.05) is 0 Å². The lowest BCUT2D eigenvalue weighted by Gasteiger charge is -2.45. The molecule has 11 nitrogen and oxygen atoms in total. The molecule has 2 bridgehead atoms. The van der Waals surface area contributed by atoms with Gasteiger partial charge in [0, 0.05) is 37.7 Å². The summed E-state index contributed by atoms with van der Waals surface area (Å²) >= 11 is 0. The van der Waals surface area contributed by atoms with Crippen LogP contribution in [-0.2, 0) is 23.7 Å². The first-order valence-electron chi connectivity index (χ1n) is 15.3. The standard InChI is InChI=1S/C33H49NO10/c1-21-14-10-7-5-4-6-8-12-16-25(43-32-31(39)29(34)30(38)23(3)42-32)18-27-22(2)26(36)20-33(40,44-27)19-24(35)15-11-9-13-17-28(37)41-21/h4-13,16-17,21-27,29-32,35-36,38-40H,14-15,18-20,34H2,1-3H3/b5-4+,8-6+,10-7+,11-9+,16-12+,17-13-/t21-,22-,23-,24+,25+,26+,27+,29+,30-,31-,32?,33-/m0/s1. The van der Waals surface area contributed by atoms with E-state index in [9.17, 15) is 30.3 Å². The molecule has 0 aliphatic carbocycles. The van der Waals surface area contributed by atoms with Gasteiger partial charge in [-0.1, -0.05) is 73.8 Å². The van der Waals surface area contributed by atoms with Crippen molar-refractivity contribution in [1.29, 1.82) is 0 Å². The molecule has 3 aliphatic rings. The third-order valence-corrected chi connectivity index (χ3v) is 8.01. The summed E-state index contributed by atoms with van der Waals surface area (Å²) in [6.07, 6.45) is 13.5. The van der Waals surface area contributed by atoms with Crippen LogP contribution in [0.15, 0.2) is 72.9 Å². The number of hydrogen-bond acceptors (Lipinski definition) is 11. The molecule has 44 heavy (non-hydrogen) atoms. The molecule has 3 rings (SSSR count). The molecule has 11 heteroatoms. The lowest BCUT2D eigenvalue weighted by Crippen LogP contribution is -2.61. The van der Waals surface area contributed by atoms with E-state index in [1.165, 1.54) is 12.2 Å². The number of fused-ring (bicyclic) bond motifs is 2. The van der Waals surface area contributed by atoms with Crippen molar-refractivity contribution in [3.05, 3.63) is 72.9 Å². The molecule has 0 amide bonds. The van der Waals surface area contributed by atoms with E-state index >= 15 is 0 Å². The van der Waals surface area contributed by atoms with Gasteiger partial charge < -0.3 is 50.2 Å². The predicted molar refractivity (Wildman–Crippen MR) is 164 cm³/mol. The molecule has 0 saturated carbocycles. The van der Waals surface area contributed by atoms with E-state index < -0.39 is 66.8 Å². The summed E-state index contributed by atoms with van der Waals surface area (Å²) in [6.45, 7) is 5.24. The van der Waals surface area contributed by atoms with Gasteiger partial charge in [-0.3, -0.25) is 0 Å². The molecule has 0 radical (unpaired) electrons. The van der Waals surface area contributed by atoms with E-state index in [1.807, 2.05) is 30.4 Å².